The van der Waals surface area contributed by atoms with Crippen LogP contribution in [0.4, 0.5) is 0 Å². The molecule has 0 aliphatic carbocycles. The predicted molar refractivity (Wildman–Crippen MR) is 134 cm³/mol. The SMILES string of the molecule is O=C(c1ccc(-c2ccncc2)s1)N1CCN(S(=O)(=O)c2ccc3cc(Br)ccc3c2)CC1. The fourth-order valence-corrected chi connectivity index (χ4v) is 6.73. The zero-order valence-corrected chi connectivity index (χ0v) is 20.7. The number of halogens is 1. The molecule has 3 heterocycles. The maximum Gasteiger partial charge on any atom is 0.264 e. The number of carbonyl (C=O) groups excluding carboxylic acids is 1. The number of rotatable bonds is 4. The summed E-state index contributed by atoms with van der Waals surface area (Å²) in [6.07, 6.45) is 3.45. The molecule has 33 heavy (non-hydrogen) atoms. The van der Waals surface area contributed by atoms with Gasteiger partial charge in [0.2, 0.25) is 10.0 Å². The summed E-state index contributed by atoms with van der Waals surface area (Å²) in [4.78, 5) is 20.7. The summed E-state index contributed by atoms with van der Waals surface area (Å²) in [5, 5.41) is 1.84. The van der Waals surface area contributed by atoms with Crippen molar-refractivity contribution in [2.24, 2.45) is 0 Å². The number of sulfonamides is 1. The summed E-state index contributed by atoms with van der Waals surface area (Å²) < 4.78 is 28.8. The summed E-state index contributed by atoms with van der Waals surface area (Å²) in [5.41, 5.74) is 1.02. The second kappa shape index (κ2) is 8.98. The Balaban J connectivity index is 1.28. The third kappa shape index (κ3) is 4.46. The van der Waals surface area contributed by atoms with Gasteiger partial charge in [-0.3, -0.25) is 9.78 Å². The molecule has 2 aromatic carbocycles. The highest BCUT2D eigenvalue weighted by molar-refractivity contribution is 9.10. The molecule has 0 unspecified atom stereocenters. The minimum Gasteiger partial charge on any atom is -0.335 e. The van der Waals surface area contributed by atoms with Crippen LogP contribution in [0.3, 0.4) is 0 Å². The first-order valence-corrected chi connectivity index (χ1v) is 13.5. The molecule has 2 aromatic heterocycles. The molecule has 1 amide bonds. The molecule has 0 radical (unpaired) electrons. The van der Waals surface area contributed by atoms with E-state index in [9.17, 15) is 13.2 Å². The van der Waals surface area contributed by atoms with Gasteiger partial charge in [0.05, 0.1) is 9.77 Å². The Morgan fingerprint density at radius 1 is 0.879 bits per heavy atom. The minimum atomic E-state index is -3.63. The van der Waals surface area contributed by atoms with Gasteiger partial charge in [0.25, 0.3) is 5.91 Å². The van der Waals surface area contributed by atoms with Gasteiger partial charge >= 0.3 is 0 Å². The number of carbonyl (C=O) groups is 1. The van der Waals surface area contributed by atoms with Crippen molar-refractivity contribution in [2.75, 3.05) is 26.2 Å². The fraction of sp³-hybridized carbons (Fsp3) is 0.167. The largest absolute Gasteiger partial charge is 0.335 e. The highest BCUT2D eigenvalue weighted by atomic mass is 79.9. The molecule has 4 aromatic rings. The Bertz CT molecular complexity index is 1430. The lowest BCUT2D eigenvalue weighted by molar-refractivity contribution is 0.0703. The van der Waals surface area contributed by atoms with Gasteiger partial charge in [0, 0.05) is 47.9 Å². The Labute approximate surface area is 204 Å². The van der Waals surface area contributed by atoms with Gasteiger partial charge in [0.1, 0.15) is 0 Å². The smallest absolute Gasteiger partial charge is 0.264 e. The number of pyridine rings is 1. The van der Waals surface area contributed by atoms with Crippen LogP contribution in [-0.2, 0) is 10.0 Å². The van der Waals surface area contributed by atoms with Crippen LogP contribution in [0, 0.1) is 0 Å². The number of hydrogen-bond acceptors (Lipinski definition) is 5. The van der Waals surface area contributed by atoms with Crippen LogP contribution in [0.15, 0.2) is 82.4 Å². The van der Waals surface area contributed by atoms with Crippen molar-refractivity contribution in [3.05, 3.63) is 82.4 Å². The molecule has 1 aliphatic rings. The Kier molecular flexibility index (Phi) is 6.05. The average Bonchev–Trinajstić information content (AvgIpc) is 3.34. The third-order valence-electron chi connectivity index (χ3n) is 5.72. The van der Waals surface area contributed by atoms with Gasteiger partial charge in [-0.25, -0.2) is 8.42 Å². The number of benzene rings is 2. The minimum absolute atomic E-state index is 0.0614. The van der Waals surface area contributed by atoms with Gasteiger partial charge in [0.15, 0.2) is 0 Å². The molecule has 0 N–H and O–H groups in total. The third-order valence-corrected chi connectivity index (χ3v) is 9.23. The molecule has 6 nitrogen and oxygen atoms in total. The summed E-state index contributed by atoms with van der Waals surface area (Å²) in [5.74, 6) is -0.0614. The first kappa shape index (κ1) is 22.2. The molecule has 1 aliphatic heterocycles. The normalized spacial score (nSPS) is 15.1. The van der Waals surface area contributed by atoms with E-state index < -0.39 is 10.0 Å². The number of amides is 1. The van der Waals surface area contributed by atoms with Crippen molar-refractivity contribution in [3.63, 3.8) is 0 Å². The van der Waals surface area contributed by atoms with Crippen LogP contribution in [0.25, 0.3) is 21.2 Å². The van der Waals surface area contributed by atoms with Crippen LogP contribution < -0.4 is 0 Å². The van der Waals surface area contributed by atoms with E-state index >= 15 is 0 Å². The zero-order valence-electron chi connectivity index (χ0n) is 17.5. The fourth-order valence-electron chi connectivity index (χ4n) is 3.92. The highest BCUT2D eigenvalue weighted by Gasteiger charge is 2.31. The van der Waals surface area contributed by atoms with E-state index in [0.29, 0.717) is 18.0 Å². The quantitative estimate of drug-likeness (QED) is 0.369. The van der Waals surface area contributed by atoms with Crippen molar-refractivity contribution in [1.29, 1.82) is 0 Å². The van der Waals surface area contributed by atoms with Crippen LogP contribution in [0.2, 0.25) is 0 Å². The average molecular weight is 542 g/mol. The Morgan fingerprint density at radius 3 is 2.33 bits per heavy atom. The van der Waals surface area contributed by atoms with E-state index in [4.69, 9.17) is 0 Å². The van der Waals surface area contributed by atoms with E-state index in [-0.39, 0.29) is 23.9 Å². The summed E-state index contributed by atoms with van der Waals surface area (Å²) in [6.45, 7) is 1.27. The monoisotopic (exact) mass is 541 g/mol. The van der Waals surface area contributed by atoms with Gasteiger partial charge in [-0.15, -0.1) is 11.3 Å². The van der Waals surface area contributed by atoms with Crippen LogP contribution >= 0.6 is 27.3 Å². The second-order valence-electron chi connectivity index (χ2n) is 7.75. The van der Waals surface area contributed by atoms with Crippen molar-refractivity contribution < 1.29 is 13.2 Å². The molecular formula is C24H20BrN3O3S2. The predicted octanol–water partition coefficient (Wildman–Crippen LogP) is 4.87. The standard InChI is InChI=1S/C24H20BrN3O3S2/c25-20-3-1-19-16-21(4-2-18(19)15-20)33(30,31)28-13-11-27(12-14-28)24(29)23-6-5-22(32-23)17-7-9-26-10-8-17/h1-10,15-16H,11-14H2. The Morgan fingerprint density at radius 2 is 1.58 bits per heavy atom. The van der Waals surface area contributed by atoms with Gasteiger partial charge in [-0.2, -0.15) is 4.31 Å². The summed E-state index contributed by atoms with van der Waals surface area (Å²) in [6, 6.07) is 18.5. The lowest BCUT2D eigenvalue weighted by Crippen LogP contribution is -2.50. The lowest BCUT2D eigenvalue weighted by Gasteiger charge is -2.33. The first-order chi connectivity index (χ1) is 15.9. The van der Waals surface area contributed by atoms with Gasteiger partial charge in [-0.1, -0.05) is 28.1 Å². The van der Waals surface area contributed by atoms with E-state index in [2.05, 4.69) is 20.9 Å². The van der Waals surface area contributed by atoms with Crippen molar-refractivity contribution in [2.45, 2.75) is 4.90 Å². The molecule has 0 spiro atoms. The molecule has 1 saturated heterocycles. The van der Waals surface area contributed by atoms with E-state index in [1.54, 1.807) is 29.4 Å². The molecule has 168 valence electrons. The van der Waals surface area contributed by atoms with Crippen molar-refractivity contribution in [1.82, 2.24) is 14.2 Å². The molecule has 9 heteroatoms. The van der Waals surface area contributed by atoms with E-state index in [1.165, 1.54) is 15.6 Å². The number of fused-ring (bicyclic) bond motifs is 1. The highest BCUT2D eigenvalue weighted by Crippen LogP contribution is 2.29. The number of nitrogens with zero attached hydrogens (tertiary/aromatic N) is 3. The molecule has 1 fully saturated rings. The maximum atomic E-state index is 13.2. The Hall–Kier alpha value is -2.59. The van der Waals surface area contributed by atoms with Crippen LogP contribution in [-0.4, -0.2) is 54.7 Å². The number of thiophene rings is 1. The molecule has 0 saturated carbocycles. The lowest BCUT2D eigenvalue weighted by atomic mass is 10.1. The van der Waals surface area contributed by atoms with Crippen LogP contribution in [0.5, 0.6) is 0 Å². The zero-order chi connectivity index (χ0) is 23.0. The summed E-state index contributed by atoms with van der Waals surface area (Å²) >= 11 is 4.88. The van der Waals surface area contributed by atoms with Crippen molar-refractivity contribution in [3.8, 4) is 10.4 Å². The molecule has 5 rings (SSSR count). The number of hydrogen-bond donors (Lipinski definition) is 0. The topological polar surface area (TPSA) is 70.6 Å². The van der Waals surface area contributed by atoms with E-state index in [0.717, 1.165) is 25.7 Å². The van der Waals surface area contributed by atoms with Gasteiger partial charge < -0.3 is 4.90 Å². The number of aromatic nitrogens is 1. The number of piperazine rings is 1. The molecule has 0 bridgehead atoms. The van der Waals surface area contributed by atoms with Crippen LogP contribution in [0.1, 0.15) is 9.67 Å². The second-order valence-corrected chi connectivity index (χ2v) is 11.7. The van der Waals surface area contributed by atoms with Crippen molar-refractivity contribution >= 4 is 54.0 Å². The maximum absolute atomic E-state index is 13.2. The molecular weight excluding hydrogens is 522 g/mol. The van der Waals surface area contributed by atoms with Gasteiger partial charge in [-0.05, 0) is 64.9 Å². The van der Waals surface area contributed by atoms with E-state index in [1.807, 2.05) is 48.5 Å². The first-order valence-electron chi connectivity index (χ1n) is 10.4. The summed E-state index contributed by atoms with van der Waals surface area (Å²) in [7, 11) is -3.63. The molecule has 0 atom stereocenters.